The second-order valence-corrected chi connectivity index (χ2v) is 3.63. The Kier molecular flexibility index (Phi) is 4.44. The molecule has 0 aromatic rings. The van der Waals surface area contributed by atoms with Crippen molar-refractivity contribution in [3.63, 3.8) is 0 Å². The Balaban J connectivity index is 2.40. The summed E-state index contributed by atoms with van der Waals surface area (Å²) in [5.41, 5.74) is 1.08. The Labute approximate surface area is 85.6 Å². The average molecular weight is 194 g/mol. The van der Waals surface area contributed by atoms with Crippen LogP contribution in [-0.4, -0.2) is 12.1 Å². The number of carbonyl (C=O) groups is 1. The van der Waals surface area contributed by atoms with Gasteiger partial charge in [0.1, 0.15) is 6.10 Å². The predicted octanol–water partition coefficient (Wildman–Crippen LogP) is 2.99. The van der Waals surface area contributed by atoms with Gasteiger partial charge in [0.2, 0.25) is 0 Å². The number of hydrogen-bond donors (Lipinski definition) is 0. The van der Waals surface area contributed by atoms with Gasteiger partial charge in [-0.05, 0) is 24.8 Å². The zero-order chi connectivity index (χ0) is 10.4. The van der Waals surface area contributed by atoms with E-state index in [1.807, 2.05) is 6.08 Å². The molecule has 0 saturated carbocycles. The van der Waals surface area contributed by atoms with Crippen LogP contribution in [-0.2, 0) is 9.53 Å². The minimum absolute atomic E-state index is 0.0204. The summed E-state index contributed by atoms with van der Waals surface area (Å²) in [4.78, 5) is 11.0. The molecule has 1 atom stereocenters. The van der Waals surface area contributed by atoms with Crippen molar-refractivity contribution in [3.8, 4) is 0 Å². The van der Waals surface area contributed by atoms with Gasteiger partial charge in [0, 0.05) is 6.08 Å². The summed E-state index contributed by atoms with van der Waals surface area (Å²) in [6.07, 6.45) is 8.70. The van der Waals surface area contributed by atoms with Crippen LogP contribution in [0.3, 0.4) is 0 Å². The molecule has 0 fully saturated rings. The summed E-state index contributed by atoms with van der Waals surface area (Å²) in [6, 6.07) is 0. The summed E-state index contributed by atoms with van der Waals surface area (Å²) in [5, 5.41) is 0. The van der Waals surface area contributed by atoms with Crippen molar-refractivity contribution in [1.82, 2.24) is 0 Å². The molecule has 0 aliphatic carbocycles. The number of ether oxygens (including phenoxy) is 1. The first-order valence-corrected chi connectivity index (χ1v) is 5.30. The van der Waals surface area contributed by atoms with Gasteiger partial charge in [-0.15, -0.1) is 6.58 Å². The molecule has 78 valence electrons. The van der Waals surface area contributed by atoms with Gasteiger partial charge in [-0.3, -0.25) is 0 Å². The van der Waals surface area contributed by atoms with E-state index >= 15 is 0 Å². The fourth-order valence-corrected chi connectivity index (χ4v) is 1.68. The highest BCUT2D eigenvalue weighted by Crippen LogP contribution is 2.23. The highest BCUT2D eigenvalue weighted by Gasteiger charge is 2.24. The monoisotopic (exact) mass is 194 g/mol. The molecule has 1 aliphatic heterocycles. The number of carbonyl (C=O) groups excluding carboxylic acids is 1. The lowest BCUT2D eigenvalue weighted by molar-refractivity contribution is -0.139. The predicted molar refractivity (Wildman–Crippen MR) is 56.9 cm³/mol. The van der Waals surface area contributed by atoms with E-state index in [0.717, 1.165) is 24.8 Å². The third-order valence-corrected chi connectivity index (χ3v) is 2.43. The SMILES string of the molecule is C=CCC1=CC(=O)OC1CCCCC. The van der Waals surface area contributed by atoms with E-state index in [2.05, 4.69) is 13.5 Å². The van der Waals surface area contributed by atoms with E-state index in [1.165, 1.54) is 12.8 Å². The molecule has 1 aliphatic rings. The molecule has 2 heteroatoms. The molecule has 0 aromatic carbocycles. The van der Waals surface area contributed by atoms with Gasteiger partial charge in [-0.1, -0.05) is 25.8 Å². The standard InChI is InChI=1S/C12H18O2/c1-3-5-6-8-11-10(7-4-2)9-12(13)14-11/h4,9,11H,2-3,5-8H2,1H3. The molecular formula is C12H18O2. The Morgan fingerprint density at radius 1 is 1.57 bits per heavy atom. The number of esters is 1. The minimum atomic E-state index is -0.191. The summed E-state index contributed by atoms with van der Waals surface area (Å²) >= 11 is 0. The Hall–Kier alpha value is -1.05. The molecule has 0 aromatic heterocycles. The zero-order valence-corrected chi connectivity index (χ0v) is 8.79. The topological polar surface area (TPSA) is 26.3 Å². The quantitative estimate of drug-likeness (QED) is 0.369. The lowest BCUT2D eigenvalue weighted by atomic mass is 10.0. The van der Waals surface area contributed by atoms with E-state index < -0.39 is 0 Å². The largest absolute Gasteiger partial charge is 0.455 e. The van der Waals surface area contributed by atoms with Crippen LogP contribution in [0, 0.1) is 0 Å². The van der Waals surface area contributed by atoms with Crippen molar-refractivity contribution in [2.75, 3.05) is 0 Å². The number of hydrogen-bond acceptors (Lipinski definition) is 2. The average Bonchev–Trinajstić information content (AvgIpc) is 2.48. The molecule has 1 unspecified atom stereocenters. The molecule has 1 rings (SSSR count). The summed E-state index contributed by atoms with van der Waals surface area (Å²) in [6.45, 7) is 5.84. The lowest BCUT2D eigenvalue weighted by Gasteiger charge is -2.12. The molecule has 0 N–H and O–H groups in total. The van der Waals surface area contributed by atoms with Crippen molar-refractivity contribution in [2.45, 2.75) is 45.1 Å². The fraction of sp³-hybridized carbons (Fsp3) is 0.583. The normalized spacial score (nSPS) is 20.5. The number of rotatable bonds is 6. The van der Waals surface area contributed by atoms with Gasteiger partial charge in [-0.2, -0.15) is 0 Å². The van der Waals surface area contributed by atoms with Crippen molar-refractivity contribution in [3.05, 3.63) is 24.3 Å². The van der Waals surface area contributed by atoms with Crippen LogP contribution in [0.2, 0.25) is 0 Å². The van der Waals surface area contributed by atoms with E-state index in [-0.39, 0.29) is 12.1 Å². The van der Waals surface area contributed by atoms with Crippen LogP contribution in [0.15, 0.2) is 24.3 Å². The van der Waals surface area contributed by atoms with Gasteiger partial charge in [0.05, 0.1) is 0 Å². The second-order valence-electron chi connectivity index (χ2n) is 3.63. The molecule has 0 saturated heterocycles. The summed E-state index contributed by atoms with van der Waals surface area (Å²) < 4.78 is 5.19. The minimum Gasteiger partial charge on any atom is -0.455 e. The first-order chi connectivity index (χ1) is 6.77. The van der Waals surface area contributed by atoms with Crippen molar-refractivity contribution in [1.29, 1.82) is 0 Å². The molecule has 0 radical (unpaired) electrons. The van der Waals surface area contributed by atoms with Gasteiger partial charge in [0.25, 0.3) is 0 Å². The molecular weight excluding hydrogens is 176 g/mol. The van der Waals surface area contributed by atoms with Crippen LogP contribution >= 0.6 is 0 Å². The maximum absolute atomic E-state index is 11.0. The van der Waals surface area contributed by atoms with E-state index in [1.54, 1.807) is 6.08 Å². The molecule has 0 amide bonds. The van der Waals surface area contributed by atoms with E-state index in [0.29, 0.717) is 0 Å². The van der Waals surface area contributed by atoms with Crippen LogP contribution in [0.1, 0.15) is 39.0 Å². The molecule has 1 heterocycles. The summed E-state index contributed by atoms with van der Waals surface area (Å²) in [7, 11) is 0. The van der Waals surface area contributed by atoms with Gasteiger partial charge in [0.15, 0.2) is 0 Å². The van der Waals surface area contributed by atoms with Gasteiger partial charge in [-0.25, -0.2) is 4.79 Å². The van der Waals surface area contributed by atoms with Gasteiger partial charge < -0.3 is 4.74 Å². The Bertz CT molecular complexity index is 241. The molecule has 0 bridgehead atoms. The third-order valence-electron chi connectivity index (χ3n) is 2.43. The fourth-order valence-electron chi connectivity index (χ4n) is 1.68. The lowest BCUT2D eigenvalue weighted by Crippen LogP contribution is -2.11. The van der Waals surface area contributed by atoms with Crippen LogP contribution in [0.5, 0.6) is 0 Å². The first kappa shape index (κ1) is 11.0. The summed E-state index contributed by atoms with van der Waals surface area (Å²) in [5.74, 6) is -0.191. The van der Waals surface area contributed by atoms with Crippen molar-refractivity contribution < 1.29 is 9.53 Å². The van der Waals surface area contributed by atoms with Crippen LogP contribution in [0.25, 0.3) is 0 Å². The first-order valence-electron chi connectivity index (χ1n) is 5.30. The highest BCUT2D eigenvalue weighted by molar-refractivity contribution is 5.85. The van der Waals surface area contributed by atoms with Crippen molar-refractivity contribution in [2.24, 2.45) is 0 Å². The second kappa shape index (κ2) is 5.63. The van der Waals surface area contributed by atoms with Crippen molar-refractivity contribution >= 4 is 5.97 Å². The highest BCUT2D eigenvalue weighted by atomic mass is 16.5. The molecule has 14 heavy (non-hydrogen) atoms. The molecule has 2 nitrogen and oxygen atoms in total. The van der Waals surface area contributed by atoms with E-state index in [4.69, 9.17) is 4.74 Å². The van der Waals surface area contributed by atoms with Crippen LogP contribution < -0.4 is 0 Å². The zero-order valence-electron chi connectivity index (χ0n) is 8.79. The smallest absolute Gasteiger partial charge is 0.331 e. The maximum Gasteiger partial charge on any atom is 0.331 e. The van der Waals surface area contributed by atoms with Gasteiger partial charge >= 0.3 is 5.97 Å². The number of cyclic esters (lactones) is 1. The molecule has 0 spiro atoms. The maximum atomic E-state index is 11.0. The van der Waals surface area contributed by atoms with E-state index in [9.17, 15) is 4.79 Å². The van der Waals surface area contributed by atoms with Crippen LogP contribution in [0.4, 0.5) is 0 Å². The third kappa shape index (κ3) is 3.02. The number of unbranched alkanes of at least 4 members (excludes halogenated alkanes) is 2. The Morgan fingerprint density at radius 2 is 2.36 bits per heavy atom. The Morgan fingerprint density at radius 3 is 3.00 bits per heavy atom. The number of allylic oxidation sites excluding steroid dienone is 1.